The van der Waals surface area contributed by atoms with Crippen molar-refractivity contribution >= 4 is 22.7 Å². The minimum absolute atomic E-state index is 1.21. The van der Waals surface area contributed by atoms with Crippen LogP contribution in [0.3, 0.4) is 0 Å². The van der Waals surface area contributed by atoms with Gasteiger partial charge in [-0.1, -0.05) is 61.2 Å². The molecule has 0 aromatic carbocycles. The van der Waals surface area contributed by atoms with Crippen LogP contribution in [0.4, 0.5) is 0 Å². The van der Waals surface area contributed by atoms with E-state index < -0.39 is 0 Å². The number of thiazole rings is 2. The zero-order chi connectivity index (χ0) is 17.0. The highest BCUT2D eigenvalue weighted by Gasteiger charge is 2.06. The summed E-state index contributed by atoms with van der Waals surface area (Å²) in [6.07, 6.45) is 14.0. The topological polar surface area (TPSA) is 7.76 Å². The summed E-state index contributed by atoms with van der Waals surface area (Å²) in [5.41, 5.74) is 7.31. The van der Waals surface area contributed by atoms with Crippen LogP contribution in [0.1, 0.15) is 75.6 Å². The fourth-order valence-corrected chi connectivity index (χ4v) is 4.77. The van der Waals surface area contributed by atoms with Gasteiger partial charge in [0.2, 0.25) is 11.0 Å². The smallest absolute Gasteiger partial charge is 0.193 e. The lowest BCUT2D eigenvalue weighted by Gasteiger charge is -2.02. The average molecular weight is 367 g/mol. The van der Waals surface area contributed by atoms with Gasteiger partial charge in [0.1, 0.15) is 13.1 Å². The molecule has 0 aliphatic heterocycles. The summed E-state index contributed by atoms with van der Waals surface area (Å²) >= 11 is 3.62. The summed E-state index contributed by atoms with van der Waals surface area (Å²) < 4.78 is 4.78. The number of unbranched alkanes of at least 4 members (excludes halogenated alkanes) is 9. The van der Waals surface area contributed by atoms with Gasteiger partial charge in [-0.3, -0.25) is 0 Å². The lowest BCUT2D eigenvalue weighted by Crippen LogP contribution is -2.33. The predicted octanol–water partition coefficient (Wildman–Crippen LogP) is 5.60. The summed E-state index contributed by atoms with van der Waals surface area (Å²) in [6, 6.07) is 0. The fourth-order valence-electron chi connectivity index (χ4n) is 3.14. The van der Waals surface area contributed by atoms with E-state index >= 15 is 0 Å². The van der Waals surface area contributed by atoms with E-state index in [0.29, 0.717) is 0 Å². The SMILES string of the molecule is Cc1csc[n+]1CCCCCCCCCCCC[n+]1cscc1C. The Kier molecular flexibility index (Phi) is 9.59. The molecular weight excluding hydrogens is 332 g/mol. The molecule has 2 heterocycles. The number of aromatic nitrogens is 2. The molecule has 4 heteroatoms. The van der Waals surface area contributed by atoms with E-state index in [0.717, 1.165) is 0 Å². The van der Waals surface area contributed by atoms with Gasteiger partial charge in [-0.05, 0) is 12.8 Å². The van der Waals surface area contributed by atoms with Gasteiger partial charge in [0.25, 0.3) is 0 Å². The van der Waals surface area contributed by atoms with Crippen LogP contribution in [0.25, 0.3) is 0 Å². The second-order valence-corrected chi connectivity index (χ2v) is 8.36. The van der Waals surface area contributed by atoms with Crippen molar-refractivity contribution in [2.75, 3.05) is 0 Å². The molecule has 0 bridgehead atoms. The Morgan fingerprint density at radius 3 is 1.21 bits per heavy atom. The molecule has 2 rings (SSSR count). The largest absolute Gasteiger partial charge is 0.224 e. The van der Waals surface area contributed by atoms with Gasteiger partial charge in [-0.2, -0.15) is 9.13 Å². The van der Waals surface area contributed by atoms with Crippen LogP contribution in [0.5, 0.6) is 0 Å². The number of hydrogen-bond donors (Lipinski definition) is 0. The van der Waals surface area contributed by atoms with Crippen molar-refractivity contribution in [3.8, 4) is 0 Å². The predicted molar refractivity (Wildman–Crippen MR) is 105 cm³/mol. The Bertz CT molecular complexity index is 509. The Hall–Kier alpha value is -0.740. The first-order chi connectivity index (χ1) is 11.8. The molecule has 0 atom stereocenters. The molecule has 134 valence electrons. The molecule has 0 unspecified atom stereocenters. The van der Waals surface area contributed by atoms with Gasteiger partial charge in [0, 0.05) is 26.7 Å². The Morgan fingerprint density at radius 1 is 0.583 bits per heavy atom. The quantitative estimate of drug-likeness (QED) is 0.322. The summed E-state index contributed by atoms with van der Waals surface area (Å²) in [7, 11) is 0. The molecule has 2 aromatic rings. The standard InChI is InChI=1S/C20H34N2S2/c1-19-15-23-17-21(19)13-11-9-7-5-3-4-6-8-10-12-14-22-18-24-16-20(22)2/h15-18H,3-14H2,1-2H3/q+2. The van der Waals surface area contributed by atoms with Crippen LogP contribution in [0.15, 0.2) is 21.8 Å². The fraction of sp³-hybridized carbons (Fsp3) is 0.700. The minimum Gasteiger partial charge on any atom is -0.193 e. The van der Waals surface area contributed by atoms with Crippen LogP contribution in [-0.2, 0) is 13.1 Å². The molecule has 0 fully saturated rings. The van der Waals surface area contributed by atoms with Crippen LogP contribution in [0.2, 0.25) is 0 Å². The lowest BCUT2D eigenvalue weighted by atomic mass is 10.1. The van der Waals surface area contributed by atoms with E-state index in [-0.39, 0.29) is 0 Å². The summed E-state index contributed by atoms with van der Waals surface area (Å²) in [6.45, 7) is 6.82. The van der Waals surface area contributed by atoms with Gasteiger partial charge >= 0.3 is 0 Å². The third-order valence-corrected chi connectivity index (χ3v) is 6.51. The van der Waals surface area contributed by atoms with E-state index in [1.165, 1.54) is 88.7 Å². The van der Waals surface area contributed by atoms with Crippen molar-refractivity contribution < 1.29 is 9.13 Å². The highest BCUT2D eigenvalue weighted by atomic mass is 32.1. The first kappa shape index (κ1) is 19.6. The van der Waals surface area contributed by atoms with Crippen molar-refractivity contribution in [1.29, 1.82) is 0 Å². The molecule has 2 aromatic heterocycles. The minimum atomic E-state index is 1.21. The first-order valence-electron chi connectivity index (χ1n) is 9.62. The number of hydrogen-bond acceptors (Lipinski definition) is 2. The second kappa shape index (κ2) is 11.8. The Morgan fingerprint density at radius 2 is 0.917 bits per heavy atom. The number of aryl methyl sites for hydroxylation is 4. The second-order valence-electron chi connectivity index (χ2n) is 6.92. The summed E-state index contributed by atoms with van der Waals surface area (Å²) in [4.78, 5) is 0. The molecular formula is C20H34N2S2+2. The first-order valence-corrected chi connectivity index (χ1v) is 11.5. The highest BCUT2D eigenvalue weighted by Crippen LogP contribution is 2.11. The molecule has 2 nitrogen and oxygen atoms in total. The maximum Gasteiger partial charge on any atom is 0.224 e. The lowest BCUT2D eigenvalue weighted by molar-refractivity contribution is -0.698. The molecule has 0 aliphatic carbocycles. The molecule has 0 amide bonds. The normalized spacial score (nSPS) is 11.2. The van der Waals surface area contributed by atoms with Crippen molar-refractivity contribution in [1.82, 2.24) is 0 Å². The van der Waals surface area contributed by atoms with Gasteiger partial charge in [-0.15, -0.1) is 0 Å². The van der Waals surface area contributed by atoms with E-state index in [2.05, 4.69) is 44.8 Å². The number of nitrogens with zero attached hydrogens (tertiary/aromatic N) is 2. The molecule has 0 saturated heterocycles. The van der Waals surface area contributed by atoms with Crippen molar-refractivity contribution in [3.05, 3.63) is 33.2 Å². The molecule has 0 spiro atoms. The van der Waals surface area contributed by atoms with Crippen molar-refractivity contribution in [3.63, 3.8) is 0 Å². The Labute approximate surface area is 156 Å². The molecule has 0 radical (unpaired) electrons. The highest BCUT2D eigenvalue weighted by molar-refractivity contribution is 7.07. The summed E-state index contributed by atoms with van der Waals surface area (Å²) in [5.74, 6) is 0. The van der Waals surface area contributed by atoms with E-state index in [1.807, 2.05) is 22.7 Å². The van der Waals surface area contributed by atoms with E-state index in [4.69, 9.17) is 0 Å². The molecule has 0 saturated carbocycles. The van der Waals surface area contributed by atoms with E-state index in [9.17, 15) is 0 Å². The zero-order valence-electron chi connectivity index (χ0n) is 15.5. The molecule has 24 heavy (non-hydrogen) atoms. The van der Waals surface area contributed by atoms with Gasteiger partial charge in [0.05, 0.1) is 10.8 Å². The molecule has 0 aliphatic rings. The van der Waals surface area contributed by atoms with Gasteiger partial charge < -0.3 is 0 Å². The van der Waals surface area contributed by atoms with E-state index in [1.54, 1.807) is 0 Å². The Balaban J connectivity index is 1.33. The van der Waals surface area contributed by atoms with Gasteiger partial charge in [-0.25, -0.2) is 0 Å². The zero-order valence-corrected chi connectivity index (χ0v) is 17.1. The van der Waals surface area contributed by atoms with Gasteiger partial charge in [0.15, 0.2) is 11.4 Å². The summed E-state index contributed by atoms with van der Waals surface area (Å²) in [5, 5.41) is 4.47. The average Bonchev–Trinajstić information content (AvgIpc) is 3.17. The maximum atomic E-state index is 2.39. The van der Waals surface area contributed by atoms with Crippen LogP contribution in [-0.4, -0.2) is 0 Å². The van der Waals surface area contributed by atoms with Crippen LogP contribution < -0.4 is 9.13 Å². The van der Waals surface area contributed by atoms with Crippen LogP contribution in [0, 0.1) is 13.8 Å². The third-order valence-electron chi connectivity index (χ3n) is 4.81. The number of rotatable bonds is 13. The van der Waals surface area contributed by atoms with Crippen LogP contribution >= 0.6 is 22.7 Å². The third kappa shape index (κ3) is 7.43. The van der Waals surface area contributed by atoms with Crippen molar-refractivity contribution in [2.24, 2.45) is 0 Å². The monoisotopic (exact) mass is 366 g/mol. The van der Waals surface area contributed by atoms with Crippen molar-refractivity contribution in [2.45, 2.75) is 91.1 Å². The molecule has 0 N–H and O–H groups in total. The maximum absolute atomic E-state index is 2.39.